The number of benzene rings is 2. The predicted molar refractivity (Wildman–Crippen MR) is 103 cm³/mol. The third-order valence-electron chi connectivity index (χ3n) is 4.86. The number of aryl methyl sites for hydroxylation is 1. The van der Waals surface area contributed by atoms with Crippen LogP contribution in [0.25, 0.3) is 0 Å². The third kappa shape index (κ3) is 2.64. The normalized spacial score (nSPS) is 21.5. The molecule has 0 bridgehead atoms. The van der Waals surface area contributed by atoms with Crippen LogP contribution in [0.1, 0.15) is 12.5 Å². The van der Waals surface area contributed by atoms with Gasteiger partial charge < -0.3 is 0 Å². The Kier molecular flexibility index (Phi) is 4.08. The Balaban J connectivity index is 1.82. The molecule has 2 aromatic rings. The molecule has 7 heteroatoms. The Morgan fingerprint density at radius 2 is 1.70 bits per heavy atom. The maximum absolute atomic E-state index is 13.2. The van der Waals surface area contributed by atoms with E-state index in [9.17, 15) is 14.4 Å². The summed E-state index contributed by atoms with van der Waals surface area (Å²) in [4.78, 5) is 39.5. The van der Waals surface area contributed by atoms with Crippen molar-refractivity contribution in [1.82, 2.24) is 0 Å². The highest BCUT2D eigenvalue weighted by Crippen LogP contribution is 2.38. The van der Waals surface area contributed by atoms with Gasteiger partial charge in [0.05, 0.1) is 11.4 Å². The molecule has 1 fully saturated rings. The second-order valence-electron chi connectivity index (χ2n) is 6.58. The molecule has 4 rings (SSSR count). The van der Waals surface area contributed by atoms with Crippen LogP contribution in [0.15, 0.2) is 53.6 Å². The minimum absolute atomic E-state index is 0.109. The molecule has 1 saturated heterocycles. The van der Waals surface area contributed by atoms with Crippen molar-refractivity contribution in [2.75, 3.05) is 9.91 Å². The number of nitrogens with zero attached hydrogens (tertiary/aromatic N) is 3. The number of hydrazone groups is 1. The number of hydrogen-bond acceptors (Lipinski definition) is 5. The monoisotopic (exact) mass is 381 g/mol. The highest BCUT2D eigenvalue weighted by molar-refractivity contribution is 6.49. The molecule has 0 spiro atoms. The fourth-order valence-electron chi connectivity index (χ4n) is 3.57. The zero-order valence-electron chi connectivity index (χ0n) is 14.7. The number of halogens is 1. The minimum Gasteiger partial charge on any atom is -0.293 e. The van der Waals surface area contributed by atoms with Crippen LogP contribution < -0.4 is 9.91 Å². The van der Waals surface area contributed by atoms with Crippen molar-refractivity contribution in [3.8, 4) is 0 Å². The predicted octanol–water partition coefficient (Wildman–Crippen LogP) is 2.97. The Bertz CT molecular complexity index is 1000. The quantitative estimate of drug-likeness (QED) is 0.766. The second-order valence-corrected chi connectivity index (χ2v) is 7.02. The highest BCUT2D eigenvalue weighted by atomic mass is 35.5. The third-order valence-corrected chi connectivity index (χ3v) is 5.11. The molecular weight excluding hydrogens is 366 g/mol. The average molecular weight is 382 g/mol. The van der Waals surface area contributed by atoms with Crippen LogP contribution in [0.4, 0.5) is 11.4 Å². The molecule has 0 N–H and O–H groups in total. The van der Waals surface area contributed by atoms with Crippen LogP contribution in [0, 0.1) is 12.8 Å². The number of fused-ring (bicyclic) bond motifs is 1. The standard InChI is InChI=1S/C20H16ClN3O3/c1-11-5-3-4-6-15(11)24-18-16(17(22-24)12(2)25)19(26)23(20(18)27)14-9-7-13(21)8-10-14/h3-10,16,18H,1-2H3/t16-,18+/m1/s1. The molecule has 2 aliphatic rings. The van der Waals surface area contributed by atoms with Crippen molar-refractivity contribution < 1.29 is 14.4 Å². The summed E-state index contributed by atoms with van der Waals surface area (Å²) in [5.74, 6) is -2.08. The number of anilines is 2. The lowest BCUT2D eigenvalue weighted by atomic mass is 9.95. The Morgan fingerprint density at radius 3 is 2.33 bits per heavy atom. The van der Waals surface area contributed by atoms with Gasteiger partial charge in [-0.05, 0) is 42.8 Å². The van der Waals surface area contributed by atoms with Crippen LogP contribution in [0.3, 0.4) is 0 Å². The van der Waals surface area contributed by atoms with Gasteiger partial charge in [-0.3, -0.25) is 19.4 Å². The number of amides is 2. The number of ketones is 1. The Labute approximate surface area is 161 Å². The van der Waals surface area contributed by atoms with E-state index in [4.69, 9.17) is 11.6 Å². The van der Waals surface area contributed by atoms with Crippen molar-refractivity contribution in [3.63, 3.8) is 0 Å². The lowest BCUT2D eigenvalue weighted by molar-refractivity contribution is -0.122. The molecule has 6 nitrogen and oxygen atoms in total. The molecule has 0 radical (unpaired) electrons. The minimum atomic E-state index is -0.912. The maximum Gasteiger partial charge on any atom is 0.259 e. The lowest BCUT2D eigenvalue weighted by Crippen LogP contribution is -2.39. The molecule has 2 aliphatic heterocycles. The molecule has 2 aromatic carbocycles. The van der Waals surface area contributed by atoms with E-state index in [0.717, 1.165) is 10.5 Å². The SMILES string of the molecule is CC(=O)C1=NN(c2ccccc2C)[C@@H]2C(=O)N(c3ccc(Cl)cc3)C(=O)[C@H]12. The number of para-hydroxylation sites is 1. The first-order valence-electron chi connectivity index (χ1n) is 8.48. The van der Waals surface area contributed by atoms with Crippen LogP contribution >= 0.6 is 11.6 Å². The number of hydrogen-bond donors (Lipinski definition) is 0. The first kappa shape index (κ1) is 17.4. The second kappa shape index (κ2) is 6.32. The van der Waals surface area contributed by atoms with Gasteiger partial charge in [0.15, 0.2) is 5.78 Å². The lowest BCUT2D eigenvalue weighted by Gasteiger charge is -2.23. The smallest absolute Gasteiger partial charge is 0.259 e. The first-order valence-corrected chi connectivity index (χ1v) is 8.85. The number of carbonyl (C=O) groups is 3. The van der Waals surface area contributed by atoms with Crippen molar-refractivity contribution in [2.24, 2.45) is 11.0 Å². The number of rotatable bonds is 3. The molecular formula is C20H16ClN3O3. The van der Waals surface area contributed by atoms with Crippen molar-refractivity contribution in [2.45, 2.75) is 19.9 Å². The molecule has 0 aromatic heterocycles. The molecule has 2 atom stereocenters. The molecule has 2 heterocycles. The fraction of sp³-hybridized carbons (Fsp3) is 0.200. The Morgan fingerprint density at radius 1 is 1.04 bits per heavy atom. The summed E-state index contributed by atoms with van der Waals surface area (Å²) in [6.07, 6.45) is 0. The van der Waals surface area contributed by atoms with E-state index in [1.807, 2.05) is 31.2 Å². The zero-order valence-corrected chi connectivity index (χ0v) is 15.5. The van der Waals surface area contributed by atoms with Crippen LogP contribution in [-0.4, -0.2) is 29.4 Å². The van der Waals surface area contributed by atoms with Crippen LogP contribution in [0.2, 0.25) is 5.02 Å². The van der Waals surface area contributed by atoms with Crippen molar-refractivity contribution >= 4 is 46.3 Å². The summed E-state index contributed by atoms with van der Waals surface area (Å²) in [5, 5.41) is 6.37. The topological polar surface area (TPSA) is 70.1 Å². The van der Waals surface area contributed by atoms with Crippen molar-refractivity contribution in [1.29, 1.82) is 0 Å². The number of carbonyl (C=O) groups excluding carboxylic acids is 3. The summed E-state index contributed by atoms with van der Waals surface area (Å²) in [6, 6.07) is 13.0. The molecule has 0 aliphatic carbocycles. The van der Waals surface area contributed by atoms with Gasteiger partial charge in [0.2, 0.25) is 5.91 Å². The summed E-state index contributed by atoms with van der Waals surface area (Å²) in [5.41, 5.74) is 2.13. The van der Waals surface area contributed by atoms with Gasteiger partial charge in [-0.15, -0.1) is 0 Å². The van der Waals surface area contributed by atoms with Gasteiger partial charge in [0.25, 0.3) is 5.91 Å². The van der Waals surface area contributed by atoms with Crippen molar-refractivity contribution in [3.05, 3.63) is 59.1 Å². The van der Waals surface area contributed by atoms with E-state index in [0.29, 0.717) is 16.4 Å². The van der Waals surface area contributed by atoms with E-state index in [2.05, 4.69) is 5.10 Å². The molecule has 136 valence electrons. The van der Waals surface area contributed by atoms with Crippen LogP contribution in [-0.2, 0) is 14.4 Å². The fourth-order valence-corrected chi connectivity index (χ4v) is 3.69. The molecule has 2 amide bonds. The van der Waals surface area contributed by atoms with E-state index in [1.165, 1.54) is 11.9 Å². The van der Waals surface area contributed by atoms with E-state index in [-0.39, 0.29) is 11.5 Å². The number of imide groups is 1. The molecule has 0 unspecified atom stereocenters. The Hall–Kier alpha value is -2.99. The van der Waals surface area contributed by atoms with Gasteiger partial charge in [-0.25, -0.2) is 4.90 Å². The van der Waals surface area contributed by atoms with E-state index >= 15 is 0 Å². The van der Waals surface area contributed by atoms with Gasteiger partial charge in [0.1, 0.15) is 17.7 Å². The van der Waals surface area contributed by atoms with E-state index in [1.54, 1.807) is 24.3 Å². The van der Waals surface area contributed by atoms with Gasteiger partial charge in [0, 0.05) is 11.9 Å². The van der Waals surface area contributed by atoms with Gasteiger partial charge >= 0.3 is 0 Å². The largest absolute Gasteiger partial charge is 0.293 e. The zero-order chi connectivity index (χ0) is 19.3. The first-order chi connectivity index (χ1) is 12.9. The number of Topliss-reactive ketones (excluding diaryl/α,β-unsaturated/α-hetero) is 1. The summed E-state index contributed by atoms with van der Waals surface area (Å²) in [6.45, 7) is 3.25. The van der Waals surface area contributed by atoms with E-state index < -0.39 is 23.8 Å². The molecule has 0 saturated carbocycles. The van der Waals surface area contributed by atoms with Gasteiger partial charge in [-0.1, -0.05) is 29.8 Å². The summed E-state index contributed by atoms with van der Waals surface area (Å²) >= 11 is 5.91. The maximum atomic E-state index is 13.2. The summed E-state index contributed by atoms with van der Waals surface area (Å²) in [7, 11) is 0. The molecule has 27 heavy (non-hydrogen) atoms. The van der Waals surface area contributed by atoms with Gasteiger partial charge in [-0.2, -0.15) is 5.10 Å². The average Bonchev–Trinajstić information content (AvgIpc) is 3.14. The van der Waals surface area contributed by atoms with Crippen LogP contribution in [0.5, 0.6) is 0 Å². The summed E-state index contributed by atoms with van der Waals surface area (Å²) < 4.78 is 0. The highest BCUT2D eigenvalue weighted by Gasteiger charge is 2.58.